The molecule has 1 rings (SSSR count). The third kappa shape index (κ3) is 5.14. The summed E-state index contributed by atoms with van der Waals surface area (Å²) in [5, 5.41) is 5.98. The van der Waals surface area contributed by atoms with E-state index < -0.39 is 0 Å². The lowest BCUT2D eigenvalue weighted by molar-refractivity contribution is -0.120. The highest BCUT2D eigenvalue weighted by atomic mass is 35.5. The highest BCUT2D eigenvalue weighted by Gasteiger charge is 2.14. The van der Waals surface area contributed by atoms with Gasteiger partial charge in [-0.15, -0.1) is 11.3 Å². The van der Waals surface area contributed by atoms with Crippen LogP contribution in [0.4, 0.5) is 0 Å². The number of amides is 1. The maximum absolute atomic E-state index is 11.5. The highest BCUT2D eigenvalue weighted by Crippen LogP contribution is 2.34. The van der Waals surface area contributed by atoms with E-state index in [1.165, 1.54) is 11.3 Å². The molecule has 0 aromatic carbocycles. The topological polar surface area (TPSA) is 41.1 Å². The number of hydrogen-bond acceptors (Lipinski definition) is 3. The Morgan fingerprint density at radius 1 is 1.39 bits per heavy atom. The fraction of sp³-hybridized carbons (Fsp3) is 0.583. The first-order valence-electron chi connectivity index (χ1n) is 5.85. The largest absolute Gasteiger partial charge is 0.355 e. The number of carbonyl (C=O) groups is 1. The number of halogens is 2. The molecule has 0 spiro atoms. The van der Waals surface area contributed by atoms with Crippen LogP contribution in [-0.4, -0.2) is 19.0 Å². The first-order chi connectivity index (χ1) is 8.40. The van der Waals surface area contributed by atoms with E-state index in [0.29, 0.717) is 21.1 Å². The second-order valence-electron chi connectivity index (χ2n) is 4.58. The molecule has 0 radical (unpaired) electrons. The summed E-state index contributed by atoms with van der Waals surface area (Å²) < 4.78 is 1.33. The van der Waals surface area contributed by atoms with E-state index in [2.05, 4.69) is 24.5 Å². The fourth-order valence-corrected chi connectivity index (χ4v) is 3.03. The maximum Gasteiger partial charge on any atom is 0.233 e. The van der Waals surface area contributed by atoms with Crippen molar-refractivity contribution in [3.63, 3.8) is 0 Å². The Labute approximate surface area is 122 Å². The number of carbonyl (C=O) groups excluding carboxylic acids is 1. The van der Waals surface area contributed by atoms with Gasteiger partial charge in [0.15, 0.2) is 0 Å². The molecule has 0 aliphatic carbocycles. The first kappa shape index (κ1) is 15.8. The lowest BCUT2D eigenvalue weighted by Crippen LogP contribution is -2.36. The van der Waals surface area contributed by atoms with Crippen LogP contribution in [0.25, 0.3) is 0 Å². The number of hydrogen-bond donors (Lipinski definition) is 2. The van der Waals surface area contributed by atoms with Gasteiger partial charge < -0.3 is 10.6 Å². The van der Waals surface area contributed by atoms with Crippen LogP contribution in [0.1, 0.15) is 32.4 Å². The molecular weight excluding hydrogens is 291 g/mol. The van der Waals surface area contributed by atoms with E-state index in [0.717, 1.165) is 5.56 Å². The van der Waals surface area contributed by atoms with Crippen molar-refractivity contribution >= 4 is 40.4 Å². The third-order valence-corrected chi connectivity index (χ3v) is 3.94. The van der Waals surface area contributed by atoms with Gasteiger partial charge in [-0.2, -0.15) is 0 Å². The smallest absolute Gasteiger partial charge is 0.233 e. The normalized spacial score (nSPS) is 12.8. The molecule has 1 heterocycles. The Balaban J connectivity index is 2.39. The van der Waals surface area contributed by atoms with Gasteiger partial charge in [-0.25, -0.2) is 0 Å². The molecule has 18 heavy (non-hydrogen) atoms. The Hall–Kier alpha value is -0.290. The lowest BCUT2D eigenvalue weighted by atomic mass is 10.2. The third-order valence-electron chi connectivity index (χ3n) is 2.43. The monoisotopic (exact) mass is 308 g/mol. The van der Waals surface area contributed by atoms with Gasteiger partial charge in [0, 0.05) is 12.6 Å². The average molecular weight is 309 g/mol. The summed E-state index contributed by atoms with van der Waals surface area (Å²) >= 11 is 13.3. The van der Waals surface area contributed by atoms with Gasteiger partial charge in [-0.05, 0) is 24.5 Å². The van der Waals surface area contributed by atoms with Crippen molar-refractivity contribution in [1.29, 1.82) is 0 Å². The van der Waals surface area contributed by atoms with Crippen LogP contribution in [-0.2, 0) is 4.79 Å². The molecule has 0 aliphatic rings. The number of nitrogens with one attached hydrogen (secondary N) is 2. The summed E-state index contributed by atoms with van der Waals surface area (Å²) in [6.07, 6.45) is 0. The van der Waals surface area contributed by atoms with E-state index in [1.54, 1.807) is 0 Å². The molecule has 3 nitrogen and oxygen atoms in total. The van der Waals surface area contributed by atoms with Gasteiger partial charge in [-0.3, -0.25) is 4.79 Å². The predicted octanol–water partition coefficient (Wildman–Crippen LogP) is 3.48. The molecule has 0 bridgehead atoms. The summed E-state index contributed by atoms with van der Waals surface area (Å²) in [4.78, 5) is 11.5. The quantitative estimate of drug-likeness (QED) is 0.845. The van der Waals surface area contributed by atoms with Crippen molar-refractivity contribution in [2.45, 2.75) is 26.8 Å². The zero-order chi connectivity index (χ0) is 13.7. The molecule has 1 unspecified atom stereocenters. The zero-order valence-corrected chi connectivity index (χ0v) is 13.0. The van der Waals surface area contributed by atoms with Crippen LogP contribution in [0.3, 0.4) is 0 Å². The van der Waals surface area contributed by atoms with Crippen molar-refractivity contribution in [3.8, 4) is 0 Å². The summed E-state index contributed by atoms with van der Waals surface area (Å²) in [7, 11) is 0. The van der Waals surface area contributed by atoms with Crippen LogP contribution in [0.5, 0.6) is 0 Å². The number of thiophene rings is 1. The van der Waals surface area contributed by atoms with E-state index in [9.17, 15) is 4.79 Å². The molecule has 102 valence electrons. The Bertz CT molecular complexity index is 407. The van der Waals surface area contributed by atoms with E-state index in [-0.39, 0.29) is 18.5 Å². The summed E-state index contributed by atoms with van der Waals surface area (Å²) in [5.74, 6) is 0.449. The second kappa shape index (κ2) is 7.34. The Morgan fingerprint density at radius 3 is 2.56 bits per heavy atom. The Kier molecular flexibility index (Phi) is 6.43. The van der Waals surface area contributed by atoms with E-state index >= 15 is 0 Å². The van der Waals surface area contributed by atoms with Crippen molar-refractivity contribution in [1.82, 2.24) is 10.6 Å². The van der Waals surface area contributed by atoms with Crippen LogP contribution in [0.15, 0.2) is 6.07 Å². The van der Waals surface area contributed by atoms with Gasteiger partial charge in [0.1, 0.15) is 0 Å². The highest BCUT2D eigenvalue weighted by molar-refractivity contribution is 7.20. The molecular formula is C12H18Cl2N2OS. The molecule has 1 aromatic rings. The van der Waals surface area contributed by atoms with Gasteiger partial charge >= 0.3 is 0 Å². The summed E-state index contributed by atoms with van der Waals surface area (Å²) in [6, 6.07) is 1.84. The molecule has 1 aromatic heterocycles. The van der Waals surface area contributed by atoms with Crippen molar-refractivity contribution in [2.75, 3.05) is 13.1 Å². The SMILES string of the molecule is CC(C)CNC(=O)CNC(C)c1cc(Cl)sc1Cl. The van der Waals surface area contributed by atoms with Gasteiger partial charge in [-0.1, -0.05) is 37.0 Å². The standard InChI is InChI=1S/C12H18Cl2N2OS/c1-7(2)5-16-11(17)6-15-8(3)9-4-10(13)18-12(9)14/h4,7-8,15H,5-6H2,1-3H3,(H,16,17). The van der Waals surface area contributed by atoms with E-state index in [1.807, 2.05) is 13.0 Å². The van der Waals surface area contributed by atoms with E-state index in [4.69, 9.17) is 23.2 Å². The van der Waals surface area contributed by atoms with Crippen molar-refractivity contribution in [2.24, 2.45) is 5.92 Å². The molecule has 0 saturated carbocycles. The van der Waals surface area contributed by atoms with Gasteiger partial charge in [0.2, 0.25) is 5.91 Å². The van der Waals surface area contributed by atoms with Crippen LogP contribution in [0, 0.1) is 5.92 Å². The number of rotatable bonds is 6. The van der Waals surface area contributed by atoms with Gasteiger partial charge in [0.05, 0.1) is 15.2 Å². The Morgan fingerprint density at radius 2 is 2.06 bits per heavy atom. The van der Waals surface area contributed by atoms with Crippen molar-refractivity contribution < 1.29 is 4.79 Å². The molecule has 1 atom stereocenters. The summed E-state index contributed by atoms with van der Waals surface area (Å²) in [5.41, 5.74) is 0.934. The molecule has 0 saturated heterocycles. The first-order valence-corrected chi connectivity index (χ1v) is 7.42. The minimum absolute atomic E-state index is 0.00560. The molecule has 1 amide bonds. The van der Waals surface area contributed by atoms with Gasteiger partial charge in [0.25, 0.3) is 0 Å². The minimum Gasteiger partial charge on any atom is -0.355 e. The minimum atomic E-state index is -0.00648. The van der Waals surface area contributed by atoms with Crippen LogP contribution < -0.4 is 10.6 Å². The zero-order valence-electron chi connectivity index (χ0n) is 10.7. The van der Waals surface area contributed by atoms with Crippen LogP contribution >= 0.6 is 34.5 Å². The van der Waals surface area contributed by atoms with Crippen LogP contribution in [0.2, 0.25) is 8.67 Å². The second-order valence-corrected chi connectivity index (χ2v) is 6.87. The molecule has 0 aliphatic heterocycles. The summed E-state index contributed by atoms with van der Waals surface area (Å²) in [6.45, 7) is 7.05. The predicted molar refractivity (Wildman–Crippen MR) is 78.6 cm³/mol. The molecule has 2 N–H and O–H groups in total. The molecule has 0 fully saturated rings. The fourth-order valence-electron chi connectivity index (χ4n) is 1.38. The average Bonchev–Trinajstić information content (AvgIpc) is 2.62. The van der Waals surface area contributed by atoms with Crippen molar-refractivity contribution in [3.05, 3.63) is 20.3 Å². The lowest BCUT2D eigenvalue weighted by Gasteiger charge is -2.13. The maximum atomic E-state index is 11.5. The molecule has 6 heteroatoms.